The van der Waals surface area contributed by atoms with Crippen LogP contribution in [-0.2, 0) is 18.5 Å². The summed E-state index contributed by atoms with van der Waals surface area (Å²) in [7, 11) is 2.21. The van der Waals surface area contributed by atoms with Gasteiger partial charge in [-0.25, -0.2) is 0 Å². The maximum Gasteiger partial charge on any atom is 0.0408 e. The van der Waals surface area contributed by atoms with E-state index < -0.39 is 0 Å². The zero-order chi connectivity index (χ0) is 11.9. The largest absolute Gasteiger partial charge is 0.293 e. The molecule has 0 spiro atoms. The summed E-state index contributed by atoms with van der Waals surface area (Å²) in [5.41, 5.74) is 4.70. The molecule has 0 N–H and O–H groups in total. The molecule has 1 heterocycles. The Labute approximate surface area is 99.5 Å². The van der Waals surface area contributed by atoms with Crippen LogP contribution in [0.4, 0.5) is 0 Å². The molecule has 0 radical (unpaired) electrons. The van der Waals surface area contributed by atoms with Crippen molar-refractivity contribution in [1.29, 1.82) is 0 Å². The lowest BCUT2D eigenvalue weighted by molar-refractivity contribution is 0.178. The van der Waals surface area contributed by atoms with E-state index in [4.69, 9.17) is 0 Å². The summed E-state index contributed by atoms with van der Waals surface area (Å²) in [6.07, 6.45) is 1.19. The molecule has 1 aromatic carbocycles. The minimum Gasteiger partial charge on any atom is -0.293 e. The molecule has 0 unspecified atom stereocenters. The first-order valence-corrected chi connectivity index (χ1v) is 6.25. The SMILES string of the molecule is CC(C)Cc1ccc2c(c1)C(C)(C)N(C)C2. The van der Waals surface area contributed by atoms with Crippen LogP contribution in [-0.4, -0.2) is 11.9 Å². The van der Waals surface area contributed by atoms with Crippen LogP contribution in [0.3, 0.4) is 0 Å². The van der Waals surface area contributed by atoms with Crippen LogP contribution in [0.2, 0.25) is 0 Å². The van der Waals surface area contributed by atoms with Gasteiger partial charge in [-0.15, -0.1) is 0 Å². The van der Waals surface area contributed by atoms with Gasteiger partial charge in [0.2, 0.25) is 0 Å². The summed E-state index contributed by atoms with van der Waals surface area (Å²) in [4.78, 5) is 2.43. The van der Waals surface area contributed by atoms with Crippen molar-refractivity contribution in [1.82, 2.24) is 4.90 Å². The van der Waals surface area contributed by atoms with Crippen LogP contribution in [0.15, 0.2) is 18.2 Å². The second kappa shape index (κ2) is 3.89. The van der Waals surface area contributed by atoms with E-state index in [0.29, 0.717) is 0 Å². The Bertz CT molecular complexity index is 390. The van der Waals surface area contributed by atoms with Crippen molar-refractivity contribution in [2.24, 2.45) is 5.92 Å². The Morgan fingerprint density at radius 2 is 2.00 bits per heavy atom. The lowest BCUT2D eigenvalue weighted by atomic mass is 9.90. The summed E-state index contributed by atoms with van der Waals surface area (Å²) in [6, 6.07) is 7.03. The van der Waals surface area contributed by atoms with Gasteiger partial charge in [0.15, 0.2) is 0 Å². The summed E-state index contributed by atoms with van der Waals surface area (Å²) in [6.45, 7) is 10.3. The molecule has 1 aliphatic rings. The fraction of sp³-hybridized carbons (Fsp3) is 0.600. The van der Waals surface area contributed by atoms with E-state index in [1.807, 2.05) is 0 Å². The van der Waals surface area contributed by atoms with Gasteiger partial charge in [-0.2, -0.15) is 0 Å². The first kappa shape index (κ1) is 11.7. The van der Waals surface area contributed by atoms with Crippen molar-refractivity contribution < 1.29 is 0 Å². The van der Waals surface area contributed by atoms with E-state index in [0.717, 1.165) is 12.5 Å². The Morgan fingerprint density at radius 1 is 1.31 bits per heavy atom. The Morgan fingerprint density at radius 3 is 2.62 bits per heavy atom. The van der Waals surface area contributed by atoms with Crippen LogP contribution in [0.25, 0.3) is 0 Å². The van der Waals surface area contributed by atoms with Gasteiger partial charge in [0, 0.05) is 12.1 Å². The molecule has 16 heavy (non-hydrogen) atoms. The van der Waals surface area contributed by atoms with Crippen molar-refractivity contribution in [3.63, 3.8) is 0 Å². The lowest BCUT2D eigenvalue weighted by Gasteiger charge is -2.28. The number of hydrogen-bond acceptors (Lipinski definition) is 1. The molecule has 1 nitrogen and oxygen atoms in total. The lowest BCUT2D eigenvalue weighted by Crippen LogP contribution is -2.31. The van der Waals surface area contributed by atoms with E-state index in [9.17, 15) is 0 Å². The molecular weight excluding hydrogens is 194 g/mol. The second-order valence-corrected chi connectivity index (χ2v) is 6.00. The van der Waals surface area contributed by atoms with Gasteiger partial charge in [0.1, 0.15) is 0 Å². The average Bonchev–Trinajstić information content (AvgIpc) is 2.39. The number of benzene rings is 1. The molecular formula is C15H23N. The maximum absolute atomic E-state index is 2.43. The Balaban J connectivity index is 2.36. The molecule has 0 aromatic heterocycles. The van der Waals surface area contributed by atoms with Gasteiger partial charge in [0.25, 0.3) is 0 Å². The Kier molecular flexibility index (Phi) is 2.83. The normalized spacial score (nSPS) is 19.1. The number of rotatable bonds is 2. The van der Waals surface area contributed by atoms with Gasteiger partial charge in [-0.05, 0) is 49.9 Å². The molecule has 0 amide bonds. The molecule has 0 atom stereocenters. The molecule has 2 rings (SSSR count). The van der Waals surface area contributed by atoms with Gasteiger partial charge < -0.3 is 0 Å². The summed E-state index contributed by atoms with van der Waals surface area (Å²) >= 11 is 0. The third-order valence-corrected chi connectivity index (χ3v) is 3.84. The van der Waals surface area contributed by atoms with Gasteiger partial charge in [-0.1, -0.05) is 32.0 Å². The van der Waals surface area contributed by atoms with Crippen molar-refractivity contribution in [2.75, 3.05) is 7.05 Å². The predicted molar refractivity (Wildman–Crippen MR) is 69.5 cm³/mol. The van der Waals surface area contributed by atoms with Crippen molar-refractivity contribution in [2.45, 2.75) is 46.2 Å². The highest BCUT2D eigenvalue weighted by Crippen LogP contribution is 2.37. The van der Waals surface area contributed by atoms with Crippen LogP contribution in [0.1, 0.15) is 44.4 Å². The number of hydrogen-bond donors (Lipinski definition) is 0. The minimum absolute atomic E-state index is 0.197. The standard InChI is InChI=1S/C15H23N/c1-11(2)8-12-6-7-13-10-16(5)15(3,4)14(13)9-12/h6-7,9,11H,8,10H2,1-5H3. The highest BCUT2D eigenvalue weighted by Gasteiger charge is 2.34. The molecule has 0 fully saturated rings. The average molecular weight is 217 g/mol. The number of nitrogens with zero attached hydrogens (tertiary/aromatic N) is 1. The van der Waals surface area contributed by atoms with Gasteiger partial charge in [-0.3, -0.25) is 4.90 Å². The molecule has 1 aliphatic heterocycles. The molecule has 0 aliphatic carbocycles. The second-order valence-electron chi connectivity index (χ2n) is 6.00. The first-order chi connectivity index (χ1) is 7.41. The van der Waals surface area contributed by atoms with Crippen LogP contribution < -0.4 is 0 Å². The molecule has 0 saturated carbocycles. The zero-order valence-corrected chi connectivity index (χ0v) is 11.2. The number of fused-ring (bicyclic) bond motifs is 1. The quantitative estimate of drug-likeness (QED) is 0.732. The third kappa shape index (κ3) is 1.89. The van der Waals surface area contributed by atoms with Crippen molar-refractivity contribution in [3.05, 3.63) is 34.9 Å². The summed E-state index contributed by atoms with van der Waals surface area (Å²) in [5.74, 6) is 0.736. The predicted octanol–water partition coefficient (Wildman–Crippen LogP) is 3.57. The zero-order valence-electron chi connectivity index (χ0n) is 11.2. The summed E-state index contributed by atoms with van der Waals surface area (Å²) < 4.78 is 0. The van der Waals surface area contributed by atoms with Crippen molar-refractivity contribution >= 4 is 0 Å². The minimum atomic E-state index is 0.197. The van der Waals surface area contributed by atoms with E-state index in [1.54, 1.807) is 0 Å². The molecule has 88 valence electrons. The maximum atomic E-state index is 2.43. The smallest absolute Gasteiger partial charge is 0.0408 e. The van der Waals surface area contributed by atoms with Crippen LogP contribution in [0, 0.1) is 5.92 Å². The van der Waals surface area contributed by atoms with E-state index >= 15 is 0 Å². The van der Waals surface area contributed by atoms with E-state index in [1.165, 1.54) is 23.1 Å². The topological polar surface area (TPSA) is 3.24 Å². The van der Waals surface area contributed by atoms with E-state index in [2.05, 4.69) is 57.8 Å². The highest BCUT2D eigenvalue weighted by atomic mass is 15.2. The highest BCUT2D eigenvalue weighted by molar-refractivity contribution is 5.40. The molecule has 1 aromatic rings. The monoisotopic (exact) mass is 217 g/mol. The Hall–Kier alpha value is -0.820. The molecule has 0 bridgehead atoms. The van der Waals surface area contributed by atoms with E-state index in [-0.39, 0.29) is 5.54 Å². The third-order valence-electron chi connectivity index (χ3n) is 3.84. The summed E-state index contributed by atoms with van der Waals surface area (Å²) in [5, 5.41) is 0. The fourth-order valence-electron chi connectivity index (χ4n) is 2.59. The first-order valence-electron chi connectivity index (χ1n) is 6.25. The van der Waals surface area contributed by atoms with Gasteiger partial charge >= 0.3 is 0 Å². The van der Waals surface area contributed by atoms with Crippen LogP contribution >= 0.6 is 0 Å². The molecule has 0 saturated heterocycles. The fourth-order valence-corrected chi connectivity index (χ4v) is 2.59. The van der Waals surface area contributed by atoms with Crippen molar-refractivity contribution in [3.8, 4) is 0 Å². The van der Waals surface area contributed by atoms with Gasteiger partial charge in [0.05, 0.1) is 0 Å². The molecule has 1 heteroatoms. The van der Waals surface area contributed by atoms with Crippen LogP contribution in [0.5, 0.6) is 0 Å².